The molecule has 0 aromatic rings. The molecule has 2 aliphatic rings. The van der Waals surface area contributed by atoms with Gasteiger partial charge in [-0.2, -0.15) is 0 Å². The largest absolute Gasteiger partial charge is 0.444 e. The molecule has 0 bridgehead atoms. The van der Waals surface area contributed by atoms with Crippen molar-refractivity contribution in [3.05, 3.63) is 0 Å². The van der Waals surface area contributed by atoms with E-state index >= 15 is 0 Å². The molecular weight excluding hydrogens is 292 g/mol. The summed E-state index contributed by atoms with van der Waals surface area (Å²) in [5, 5.41) is 13.4. The average molecular weight is 326 g/mol. The normalized spacial score (nSPS) is 26.5. The Balaban J connectivity index is 1.91. The highest BCUT2D eigenvalue weighted by Gasteiger charge is 2.43. The van der Waals surface area contributed by atoms with E-state index in [1.807, 2.05) is 25.7 Å². The number of aliphatic hydroxyl groups is 1. The molecule has 5 nitrogen and oxygen atoms in total. The first-order valence-corrected chi connectivity index (χ1v) is 9.01. The average Bonchev–Trinajstić information content (AvgIpc) is 3.30. The Morgan fingerprint density at radius 3 is 2.48 bits per heavy atom. The van der Waals surface area contributed by atoms with Gasteiger partial charge in [-0.15, -0.1) is 0 Å². The third kappa shape index (κ3) is 5.08. The van der Waals surface area contributed by atoms with Crippen LogP contribution in [0, 0.1) is 11.8 Å². The van der Waals surface area contributed by atoms with Crippen LogP contribution in [-0.4, -0.2) is 53.0 Å². The lowest BCUT2D eigenvalue weighted by molar-refractivity contribution is 0.0133. The van der Waals surface area contributed by atoms with Gasteiger partial charge in [0.05, 0.1) is 6.61 Å². The van der Waals surface area contributed by atoms with Gasteiger partial charge in [-0.1, -0.05) is 0 Å². The number of carbonyl (C=O) groups excluding carboxylic acids is 1. The molecule has 3 unspecified atom stereocenters. The van der Waals surface area contributed by atoms with E-state index in [9.17, 15) is 9.90 Å². The van der Waals surface area contributed by atoms with Crippen molar-refractivity contribution in [1.82, 2.24) is 10.2 Å². The summed E-state index contributed by atoms with van der Waals surface area (Å²) in [6.07, 6.45) is 4.31. The van der Waals surface area contributed by atoms with Gasteiger partial charge in [0.15, 0.2) is 0 Å². The molecule has 3 atom stereocenters. The molecule has 134 valence electrons. The number of ether oxygens (including phenoxy) is 1. The molecule has 0 radical (unpaired) electrons. The van der Waals surface area contributed by atoms with E-state index in [0.717, 1.165) is 25.9 Å². The van der Waals surface area contributed by atoms with E-state index in [0.29, 0.717) is 11.8 Å². The Hall–Kier alpha value is -0.810. The first-order chi connectivity index (χ1) is 10.6. The lowest BCUT2D eigenvalue weighted by Crippen LogP contribution is -2.56. The molecule has 1 heterocycles. The minimum atomic E-state index is -0.449. The monoisotopic (exact) mass is 326 g/mol. The summed E-state index contributed by atoms with van der Waals surface area (Å²) >= 11 is 0. The summed E-state index contributed by atoms with van der Waals surface area (Å²) in [5.41, 5.74) is -0.636. The second-order valence-electron chi connectivity index (χ2n) is 8.61. The molecule has 1 saturated heterocycles. The van der Waals surface area contributed by atoms with Crippen LogP contribution in [0.1, 0.15) is 60.3 Å². The topological polar surface area (TPSA) is 61.8 Å². The number of rotatable bonds is 5. The number of likely N-dealkylation sites (tertiary alicyclic amines) is 1. The van der Waals surface area contributed by atoms with Gasteiger partial charge in [-0.3, -0.25) is 0 Å². The molecule has 2 N–H and O–H groups in total. The van der Waals surface area contributed by atoms with E-state index in [1.165, 1.54) is 12.8 Å². The smallest absolute Gasteiger partial charge is 0.410 e. The van der Waals surface area contributed by atoms with Crippen LogP contribution in [0.4, 0.5) is 4.79 Å². The number of aliphatic hydroxyl groups excluding tert-OH is 1. The van der Waals surface area contributed by atoms with Crippen LogP contribution in [0.15, 0.2) is 0 Å². The molecule has 0 aromatic carbocycles. The summed E-state index contributed by atoms with van der Waals surface area (Å²) in [5.74, 6) is 0.987. The zero-order valence-electron chi connectivity index (χ0n) is 15.4. The maximum atomic E-state index is 12.3. The highest BCUT2D eigenvalue weighted by Crippen LogP contribution is 2.40. The highest BCUT2D eigenvalue weighted by molar-refractivity contribution is 5.68. The number of nitrogens with one attached hydrogen (secondary N) is 1. The van der Waals surface area contributed by atoms with Crippen LogP contribution in [0.25, 0.3) is 0 Å². The summed E-state index contributed by atoms with van der Waals surface area (Å²) in [7, 11) is 0. The van der Waals surface area contributed by atoms with Crippen LogP contribution < -0.4 is 5.32 Å². The first kappa shape index (κ1) is 18.5. The number of carbonyl (C=O) groups is 1. The maximum Gasteiger partial charge on any atom is 0.410 e. The van der Waals surface area contributed by atoms with Crippen LogP contribution in [0.3, 0.4) is 0 Å². The molecule has 5 heteroatoms. The van der Waals surface area contributed by atoms with Gasteiger partial charge in [-0.25, -0.2) is 4.79 Å². The first-order valence-electron chi connectivity index (χ1n) is 9.01. The fraction of sp³-hybridized carbons (Fsp3) is 0.944. The predicted molar refractivity (Wildman–Crippen MR) is 91.3 cm³/mol. The van der Waals surface area contributed by atoms with Gasteiger partial charge < -0.3 is 20.1 Å². The SMILES string of the molecule is CC(NC(C)(CO)C1CC1)C1CCCN(C(=O)OC(C)(C)C)C1. The van der Waals surface area contributed by atoms with Crippen molar-refractivity contribution in [3.8, 4) is 0 Å². The van der Waals surface area contributed by atoms with E-state index in [-0.39, 0.29) is 24.3 Å². The second-order valence-corrected chi connectivity index (χ2v) is 8.61. The van der Waals surface area contributed by atoms with Gasteiger partial charge in [-0.05, 0) is 72.1 Å². The zero-order valence-corrected chi connectivity index (χ0v) is 15.4. The van der Waals surface area contributed by atoms with Crippen LogP contribution in [0.5, 0.6) is 0 Å². The third-order valence-electron chi connectivity index (χ3n) is 5.18. The molecule has 1 aliphatic heterocycles. The molecule has 0 aromatic heterocycles. The number of piperidine rings is 1. The number of nitrogens with zero attached hydrogens (tertiary/aromatic N) is 1. The fourth-order valence-corrected chi connectivity index (χ4v) is 3.56. The molecule has 23 heavy (non-hydrogen) atoms. The standard InChI is InChI=1S/C18H34N2O3/c1-13(19-18(5,12-21)15-8-9-15)14-7-6-10-20(11-14)16(22)23-17(2,3)4/h13-15,19,21H,6-12H2,1-5H3. The molecular formula is C18H34N2O3. The van der Waals surface area contributed by atoms with Gasteiger partial charge in [0.2, 0.25) is 0 Å². The Labute approximate surface area is 140 Å². The van der Waals surface area contributed by atoms with Crippen molar-refractivity contribution in [2.24, 2.45) is 11.8 Å². The van der Waals surface area contributed by atoms with Crippen molar-refractivity contribution >= 4 is 6.09 Å². The quantitative estimate of drug-likeness (QED) is 0.815. The Kier molecular flexibility index (Phi) is 5.62. The lowest BCUT2D eigenvalue weighted by Gasteiger charge is -2.40. The number of hydrogen-bond donors (Lipinski definition) is 2. The van der Waals surface area contributed by atoms with Gasteiger partial charge >= 0.3 is 6.09 Å². The maximum absolute atomic E-state index is 12.3. The van der Waals surface area contributed by atoms with Gasteiger partial charge in [0.1, 0.15) is 5.60 Å². The van der Waals surface area contributed by atoms with E-state index in [4.69, 9.17) is 4.74 Å². The summed E-state index contributed by atoms with van der Waals surface area (Å²) in [6, 6.07) is 0.276. The molecule has 0 spiro atoms. The molecule has 1 saturated carbocycles. The molecule has 1 amide bonds. The Morgan fingerprint density at radius 1 is 1.30 bits per heavy atom. The van der Waals surface area contributed by atoms with Crippen molar-refractivity contribution in [3.63, 3.8) is 0 Å². The molecule has 1 aliphatic carbocycles. The molecule has 2 rings (SSSR count). The third-order valence-corrected chi connectivity index (χ3v) is 5.18. The molecule has 2 fully saturated rings. The van der Waals surface area contributed by atoms with Crippen LogP contribution >= 0.6 is 0 Å². The Bertz CT molecular complexity index is 417. The Morgan fingerprint density at radius 2 is 1.96 bits per heavy atom. The summed E-state index contributed by atoms with van der Waals surface area (Å²) in [4.78, 5) is 14.1. The van der Waals surface area contributed by atoms with E-state index in [1.54, 1.807) is 0 Å². The van der Waals surface area contributed by atoms with E-state index < -0.39 is 5.60 Å². The summed E-state index contributed by atoms with van der Waals surface area (Å²) in [6.45, 7) is 11.7. The highest BCUT2D eigenvalue weighted by atomic mass is 16.6. The lowest BCUT2D eigenvalue weighted by atomic mass is 9.88. The van der Waals surface area contributed by atoms with Crippen molar-refractivity contribution in [1.29, 1.82) is 0 Å². The predicted octanol–water partition coefficient (Wildman–Crippen LogP) is 2.77. The van der Waals surface area contributed by atoms with Gasteiger partial charge in [0, 0.05) is 24.7 Å². The van der Waals surface area contributed by atoms with E-state index in [2.05, 4.69) is 19.2 Å². The van der Waals surface area contributed by atoms with Crippen molar-refractivity contribution in [2.75, 3.05) is 19.7 Å². The minimum absolute atomic E-state index is 0.171. The van der Waals surface area contributed by atoms with Crippen molar-refractivity contribution < 1.29 is 14.6 Å². The van der Waals surface area contributed by atoms with Crippen molar-refractivity contribution in [2.45, 2.75) is 77.5 Å². The van der Waals surface area contributed by atoms with Crippen LogP contribution in [-0.2, 0) is 4.74 Å². The van der Waals surface area contributed by atoms with Crippen LogP contribution in [0.2, 0.25) is 0 Å². The zero-order chi connectivity index (χ0) is 17.3. The minimum Gasteiger partial charge on any atom is -0.444 e. The number of amides is 1. The summed E-state index contributed by atoms with van der Waals surface area (Å²) < 4.78 is 5.50. The second kappa shape index (κ2) is 6.98. The fourth-order valence-electron chi connectivity index (χ4n) is 3.56. The van der Waals surface area contributed by atoms with Gasteiger partial charge in [0.25, 0.3) is 0 Å². The number of hydrogen-bond acceptors (Lipinski definition) is 4.